The predicted octanol–water partition coefficient (Wildman–Crippen LogP) is 4.43. The number of hydrogen-bond donors (Lipinski definition) is 1. The Morgan fingerprint density at radius 2 is 1.88 bits per heavy atom. The molecule has 83 valence electrons. The number of aromatic nitrogens is 1. The van der Waals surface area contributed by atoms with Gasteiger partial charge in [-0.2, -0.15) is 0 Å². The normalized spacial score (nSPS) is 10.9. The Labute approximate surface area is 103 Å². The van der Waals surface area contributed by atoms with Crippen LogP contribution in [0.15, 0.2) is 42.5 Å². The number of rotatable bonds is 1. The first-order valence-corrected chi connectivity index (χ1v) is 5.56. The quantitative estimate of drug-likeness (QED) is 0.652. The van der Waals surface area contributed by atoms with E-state index in [2.05, 4.69) is 11.1 Å². The van der Waals surface area contributed by atoms with E-state index in [4.69, 9.17) is 11.6 Å². The van der Waals surface area contributed by atoms with Crippen molar-refractivity contribution in [2.75, 3.05) is 0 Å². The summed E-state index contributed by atoms with van der Waals surface area (Å²) >= 11 is 5.87. The van der Waals surface area contributed by atoms with E-state index in [1.807, 2.05) is 18.2 Å². The molecule has 1 heterocycles. The Morgan fingerprint density at radius 3 is 2.65 bits per heavy atom. The van der Waals surface area contributed by atoms with Crippen molar-refractivity contribution < 1.29 is 4.39 Å². The number of hydrogen-bond acceptors (Lipinski definition) is 0. The molecule has 1 aromatic heterocycles. The minimum absolute atomic E-state index is 0.235. The number of nitrogens with one attached hydrogen (secondary N) is 1. The van der Waals surface area contributed by atoms with Gasteiger partial charge in [-0.05, 0) is 48.0 Å². The van der Waals surface area contributed by atoms with E-state index in [0.29, 0.717) is 5.02 Å². The molecule has 3 heteroatoms. The molecule has 1 nitrogen and oxygen atoms in total. The maximum atomic E-state index is 12.8. The highest BCUT2D eigenvalue weighted by atomic mass is 35.5. The Morgan fingerprint density at radius 1 is 1.12 bits per heavy atom. The van der Waals surface area contributed by atoms with E-state index in [1.54, 1.807) is 12.1 Å². The average Bonchev–Trinajstić information content (AvgIpc) is 2.72. The van der Waals surface area contributed by atoms with Crippen LogP contribution in [0.5, 0.6) is 0 Å². The first-order chi connectivity index (χ1) is 8.22. The van der Waals surface area contributed by atoms with Crippen LogP contribution in [0.2, 0.25) is 5.02 Å². The summed E-state index contributed by atoms with van der Waals surface area (Å²) in [6.45, 7) is 0. The van der Waals surface area contributed by atoms with Gasteiger partial charge in [0.25, 0.3) is 0 Å². The molecule has 3 aromatic rings. The van der Waals surface area contributed by atoms with E-state index in [-0.39, 0.29) is 5.82 Å². The van der Waals surface area contributed by atoms with E-state index < -0.39 is 0 Å². The summed E-state index contributed by atoms with van der Waals surface area (Å²) in [4.78, 5) is 3.25. The summed E-state index contributed by atoms with van der Waals surface area (Å²) in [6, 6.07) is 15.0. The van der Waals surface area contributed by atoms with Crippen LogP contribution >= 0.6 is 11.6 Å². The fourth-order valence-corrected chi connectivity index (χ4v) is 1.99. The van der Waals surface area contributed by atoms with Gasteiger partial charge in [0, 0.05) is 22.7 Å². The number of benzene rings is 2. The molecule has 1 N–H and O–H groups in total. The average molecular weight is 245 g/mol. The molecule has 0 unspecified atom stereocenters. The van der Waals surface area contributed by atoms with Crippen molar-refractivity contribution in [3.8, 4) is 11.3 Å². The Balaban J connectivity index is 2.14. The lowest BCUT2D eigenvalue weighted by atomic mass is 10.1. The van der Waals surface area contributed by atoms with Crippen molar-refractivity contribution in [1.29, 1.82) is 0 Å². The van der Waals surface area contributed by atoms with E-state index in [1.165, 1.54) is 12.1 Å². The fourth-order valence-electron chi connectivity index (χ4n) is 1.83. The first kappa shape index (κ1) is 10.4. The topological polar surface area (TPSA) is 15.8 Å². The van der Waals surface area contributed by atoms with Crippen molar-refractivity contribution >= 4 is 22.5 Å². The monoisotopic (exact) mass is 244 g/mol. The summed E-state index contributed by atoms with van der Waals surface area (Å²) in [5, 5.41) is 1.61. The van der Waals surface area contributed by atoms with Gasteiger partial charge in [0.1, 0.15) is 5.82 Å². The van der Waals surface area contributed by atoms with Gasteiger partial charge in [0.05, 0.1) is 5.02 Å². The Hall–Kier alpha value is -1.80. The largest absolute Gasteiger partial charge is 0.354 e. The second-order valence-electron chi connectivity index (χ2n) is 3.84. The zero-order valence-corrected chi connectivity index (χ0v) is 9.55. The minimum atomic E-state index is -0.235. The lowest BCUT2D eigenvalue weighted by molar-refractivity contribution is 0.628. The highest BCUT2D eigenvalue weighted by Gasteiger charge is 2.03. The third-order valence-corrected chi connectivity index (χ3v) is 2.89. The number of aromatic amines is 1. The molecule has 0 aliphatic rings. The van der Waals surface area contributed by atoms with Crippen molar-refractivity contribution in [2.45, 2.75) is 0 Å². The smallest absolute Gasteiger partial charge is 0.123 e. The van der Waals surface area contributed by atoms with Crippen molar-refractivity contribution in [2.24, 2.45) is 0 Å². The number of fused-ring (bicyclic) bond motifs is 1. The van der Waals surface area contributed by atoms with Gasteiger partial charge in [-0.25, -0.2) is 4.39 Å². The van der Waals surface area contributed by atoms with Gasteiger partial charge in [0.15, 0.2) is 0 Å². The van der Waals surface area contributed by atoms with Crippen LogP contribution < -0.4 is 0 Å². The molecular formula is C14H8ClFN. The third kappa shape index (κ3) is 1.92. The van der Waals surface area contributed by atoms with Crippen LogP contribution in [0.1, 0.15) is 0 Å². The first-order valence-electron chi connectivity index (χ1n) is 5.18. The highest BCUT2D eigenvalue weighted by Crippen LogP contribution is 2.25. The molecule has 0 saturated heterocycles. The maximum absolute atomic E-state index is 12.8. The molecule has 0 bridgehead atoms. The van der Waals surface area contributed by atoms with Crippen molar-refractivity contribution in [3.05, 3.63) is 59.4 Å². The Kier molecular flexibility index (Phi) is 2.37. The van der Waals surface area contributed by atoms with Gasteiger partial charge in [0.2, 0.25) is 0 Å². The van der Waals surface area contributed by atoms with Crippen molar-refractivity contribution in [3.63, 3.8) is 0 Å². The molecule has 17 heavy (non-hydrogen) atoms. The van der Waals surface area contributed by atoms with Crippen LogP contribution in [-0.4, -0.2) is 4.98 Å². The predicted molar refractivity (Wildman–Crippen MR) is 67.5 cm³/mol. The lowest BCUT2D eigenvalue weighted by Crippen LogP contribution is -1.77. The van der Waals surface area contributed by atoms with E-state index in [0.717, 1.165) is 22.2 Å². The molecule has 0 saturated carbocycles. The fraction of sp³-hybridized carbons (Fsp3) is 0. The summed E-state index contributed by atoms with van der Waals surface area (Å²) in [6.07, 6.45) is 0. The Bertz CT molecular complexity index is 670. The van der Waals surface area contributed by atoms with Gasteiger partial charge in [-0.1, -0.05) is 11.6 Å². The van der Waals surface area contributed by atoms with Crippen LogP contribution in [-0.2, 0) is 0 Å². The standard InChI is InChI=1S/C14H8ClFN/c15-11-4-1-10-7-13(17-14(10)8-11)9-2-5-12(16)6-3-9/h1-3,5-8,17H. The maximum Gasteiger partial charge on any atom is 0.123 e. The highest BCUT2D eigenvalue weighted by molar-refractivity contribution is 6.31. The molecule has 0 aliphatic carbocycles. The molecule has 0 fully saturated rings. The summed E-state index contributed by atoms with van der Waals surface area (Å²) < 4.78 is 12.8. The van der Waals surface area contributed by atoms with Crippen molar-refractivity contribution in [1.82, 2.24) is 4.98 Å². The zero-order valence-electron chi connectivity index (χ0n) is 8.80. The SMILES string of the molecule is Fc1ccc(-c2cc3c[c]c(Cl)cc3[nH]2)cc1. The van der Waals surface area contributed by atoms with Gasteiger partial charge in [-0.3, -0.25) is 0 Å². The van der Waals surface area contributed by atoms with E-state index >= 15 is 0 Å². The molecule has 3 rings (SSSR count). The molecular weight excluding hydrogens is 237 g/mol. The van der Waals surface area contributed by atoms with Gasteiger partial charge >= 0.3 is 0 Å². The van der Waals surface area contributed by atoms with Crippen LogP contribution in [0, 0.1) is 11.9 Å². The van der Waals surface area contributed by atoms with Gasteiger partial charge < -0.3 is 4.98 Å². The van der Waals surface area contributed by atoms with Crippen LogP contribution in [0.25, 0.3) is 22.2 Å². The second kappa shape index (κ2) is 3.90. The molecule has 0 amide bonds. The number of halogens is 2. The molecule has 2 aromatic carbocycles. The van der Waals surface area contributed by atoms with Crippen LogP contribution in [0.4, 0.5) is 4.39 Å². The van der Waals surface area contributed by atoms with Gasteiger partial charge in [-0.15, -0.1) is 0 Å². The lowest BCUT2D eigenvalue weighted by Gasteiger charge is -1.96. The van der Waals surface area contributed by atoms with Crippen LogP contribution in [0.3, 0.4) is 0 Å². The number of H-pyrrole nitrogens is 1. The third-order valence-electron chi connectivity index (χ3n) is 2.67. The molecule has 1 radical (unpaired) electrons. The van der Waals surface area contributed by atoms with E-state index in [9.17, 15) is 4.39 Å². The molecule has 0 aliphatic heterocycles. The zero-order chi connectivity index (χ0) is 11.8. The minimum Gasteiger partial charge on any atom is -0.354 e. The summed E-state index contributed by atoms with van der Waals surface area (Å²) in [5.74, 6) is -0.235. The molecule has 0 spiro atoms. The second-order valence-corrected chi connectivity index (χ2v) is 4.25. The summed E-state index contributed by atoms with van der Waals surface area (Å²) in [5.41, 5.74) is 2.84. The molecule has 0 atom stereocenters. The summed E-state index contributed by atoms with van der Waals surface area (Å²) in [7, 11) is 0.